The Morgan fingerprint density at radius 3 is 2.61 bits per heavy atom. The van der Waals surface area contributed by atoms with Crippen LogP contribution in [0.15, 0.2) is 30.5 Å². The molecule has 23 heavy (non-hydrogen) atoms. The first-order valence-electron chi connectivity index (χ1n) is 6.77. The van der Waals surface area contributed by atoms with Crippen LogP contribution in [0.5, 0.6) is 0 Å². The van der Waals surface area contributed by atoms with Gasteiger partial charge in [0.15, 0.2) is 5.69 Å². The number of nitrogens with zero attached hydrogens (tertiary/aromatic N) is 6. The number of aromatic nitrogens is 6. The highest BCUT2D eigenvalue weighted by Gasteiger charge is 2.34. The molecule has 0 atom stereocenters. The molecule has 3 aromatic rings. The molecule has 120 valence electrons. The smallest absolute Gasteiger partial charge is 0.270 e. The van der Waals surface area contributed by atoms with Gasteiger partial charge < -0.3 is 0 Å². The van der Waals surface area contributed by atoms with Crippen LogP contribution < -0.4 is 0 Å². The summed E-state index contributed by atoms with van der Waals surface area (Å²) in [6.45, 7) is 2.00. The van der Waals surface area contributed by atoms with E-state index in [1.165, 1.54) is 16.4 Å². The molecular formula is C14H13F3N6. The van der Waals surface area contributed by atoms with Crippen LogP contribution in [0.3, 0.4) is 0 Å². The minimum Gasteiger partial charge on any atom is -0.270 e. The summed E-state index contributed by atoms with van der Waals surface area (Å²) in [6.07, 6.45) is -2.82. The van der Waals surface area contributed by atoms with E-state index in [1.54, 1.807) is 12.3 Å². The first-order chi connectivity index (χ1) is 10.8. The van der Waals surface area contributed by atoms with Gasteiger partial charge in [-0.15, -0.1) is 5.10 Å². The molecule has 0 spiro atoms. The van der Waals surface area contributed by atoms with Crippen LogP contribution in [-0.2, 0) is 19.8 Å². The minimum atomic E-state index is -4.46. The average molecular weight is 322 g/mol. The van der Waals surface area contributed by atoms with E-state index < -0.39 is 11.9 Å². The van der Waals surface area contributed by atoms with Crippen molar-refractivity contribution in [1.82, 2.24) is 29.8 Å². The van der Waals surface area contributed by atoms with Crippen molar-refractivity contribution in [1.29, 1.82) is 0 Å². The predicted molar refractivity (Wildman–Crippen MR) is 75.3 cm³/mol. The van der Waals surface area contributed by atoms with Crippen molar-refractivity contribution in [2.75, 3.05) is 0 Å². The second-order valence-electron chi connectivity index (χ2n) is 5.11. The Morgan fingerprint density at radius 1 is 1.17 bits per heavy atom. The van der Waals surface area contributed by atoms with Crippen LogP contribution in [0, 0.1) is 6.92 Å². The second kappa shape index (κ2) is 5.49. The zero-order chi connectivity index (χ0) is 16.6. The third-order valence-corrected chi connectivity index (χ3v) is 3.28. The van der Waals surface area contributed by atoms with Crippen LogP contribution in [0.2, 0.25) is 0 Å². The summed E-state index contributed by atoms with van der Waals surface area (Å²) in [5.41, 5.74) is 1.53. The van der Waals surface area contributed by atoms with E-state index in [0.717, 1.165) is 11.8 Å². The van der Waals surface area contributed by atoms with Crippen molar-refractivity contribution < 1.29 is 13.2 Å². The van der Waals surface area contributed by atoms with Crippen molar-refractivity contribution in [2.45, 2.75) is 19.6 Å². The fourth-order valence-corrected chi connectivity index (χ4v) is 2.14. The summed E-state index contributed by atoms with van der Waals surface area (Å²) in [4.78, 5) is 4.34. The number of hydrogen-bond donors (Lipinski definition) is 0. The van der Waals surface area contributed by atoms with Gasteiger partial charge in [-0.2, -0.15) is 18.3 Å². The molecular weight excluding hydrogens is 309 g/mol. The Labute approximate surface area is 129 Å². The molecule has 0 saturated carbocycles. The fourth-order valence-electron chi connectivity index (χ4n) is 2.14. The molecule has 0 aliphatic heterocycles. The first-order valence-corrected chi connectivity index (χ1v) is 6.77. The van der Waals surface area contributed by atoms with Crippen molar-refractivity contribution >= 4 is 0 Å². The normalized spacial score (nSPS) is 11.9. The molecule has 0 radical (unpaired) electrons. The van der Waals surface area contributed by atoms with Gasteiger partial charge in [0.05, 0.1) is 24.1 Å². The lowest BCUT2D eigenvalue weighted by molar-refractivity contribution is -0.141. The SMILES string of the molecule is Cc1cccc(-c2cn(Cc3cc(C(F)(F)F)nn3C)nn2)n1. The lowest BCUT2D eigenvalue weighted by atomic mass is 10.2. The van der Waals surface area contributed by atoms with Gasteiger partial charge >= 0.3 is 6.18 Å². The highest BCUT2D eigenvalue weighted by atomic mass is 19.4. The molecule has 3 aromatic heterocycles. The molecule has 6 nitrogen and oxygen atoms in total. The number of aryl methyl sites for hydroxylation is 2. The molecule has 0 aliphatic carbocycles. The van der Waals surface area contributed by atoms with Gasteiger partial charge in [0, 0.05) is 12.7 Å². The molecule has 3 heterocycles. The van der Waals surface area contributed by atoms with Crippen LogP contribution in [0.1, 0.15) is 17.1 Å². The van der Waals surface area contributed by atoms with Gasteiger partial charge in [0.2, 0.25) is 0 Å². The third kappa shape index (κ3) is 3.22. The van der Waals surface area contributed by atoms with Gasteiger partial charge in [-0.1, -0.05) is 11.3 Å². The molecule has 0 N–H and O–H groups in total. The average Bonchev–Trinajstić information content (AvgIpc) is 3.07. The zero-order valence-corrected chi connectivity index (χ0v) is 12.4. The lowest BCUT2D eigenvalue weighted by Crippen LogP contribution is -2.07. The maximum Gasteiger partial charge on any atom is 0.435 e. The van der Waals surface area contributed by atoms with Crippen molar-refractivity contribution in [3.63, 3.8) is 0 Å². The van der Waals surface area contributed by atoms with Gasteiger partial charge in [-0.05, 0) is 25.1 Å². The molecule has 0 amide bonds. The van der Waals surface area contributed by atoms with E-state index in [4.69, 9.17) is 0 Å². The number of halogens is 3. The number of hydrogen-bond acceptors (Lipinski definition) is 4. The topological polar surface area (TPSA) is 61.4 Å². The van der Waals surface area contributed by atoms with E-state index in [0.29, 0.717) is 17.1 Å². The number of alkyl halides is 3. The number of pyridine rings is 1. The lowest BCUT2D eigenvalue weighted by Gasteiger charge is -2.00. The van der Waals surface area contributed by atoms with Gasteiger partial charge in [0.25, 0.3) is 0 Å². The summed E-state index contributed by atoms with van der Waals surface area (Å²) in [5.74, 6) is 0. The van der Waals surface area contributed by atoms with E-state index in [9.17, 15) is 13.2 Å². The Balaban J connectivity index is 1.84. The molecule has 0 aliphatic rings. The van der Waals surface area contributed by atoms with Crippen molar-refractivity contribution in [3.8, 4) is 11.4 Å². The Bertz CT molecular complexity index is 833. The standard InChI is InChI=1S/C14H13F3N6/c1-9-4-3-5-11(18-9)12-8-23(21-19-12)7-10-6-13(14(15,16)17)20-22(10)2/h3-6,8H,7H2,1-2H3. The van der Waals surface area contributed by atoms with Crippen LogP contribution in [0.4, 0.5) is 13.2 Å². The van der Waals surface area contributed by atoms with E-state index in [-0.39, 0.29) is 6.54 Å². The fraction of sp³-hybridized carbons (Fsp3) is 0.286. The summed E-state index contributed by atoms with van der Waals surface area (Å²) in [7, 11) is 1.46. The summed E-state index contributed by atoms with van der Waals surface area (Å²) in [5, 5.41) is 11.4. The Hall–Kier alpha value is -2.71. The molecule has 9 heteroatoms. The van der Waals surface area contributed by atoms with Crippen molar-refractivity contribution in [2.24, 2.45) is 7.05 Å². The zero-order valence-electron chi connectivity index (χ0n) is 12.4. The first kappa shape index (κ1) is 15.2. The maximum atomic E-state index is 12.7. The van der Waals surface area contributed by atoms with Gasteiger partial charge in [-0.25, -0.2) is 4.68 Å². The van der Waals surface area contributed by atoms with Gasteiger partial charge in [-0.3, -0.25) is 9.67 Å². The predicted octanol–water partition coefficient (Wildman–Crippen LogP) is 2.45. The number of rotatable bonds is 3. The summed E-state index contributed by atoms with van der Waals surface area (Å²) in [6, 6.07) is 6.52. The Kier molecular flexibility index (Phi) is 3.63. The second-order valence-corrected chi connectivity index (χ2v) is 5.11. The van der Waals surface area contributed by atoms with Gasteiger partial charge in [0.1, 0.15) is 5.69 Å². The molecule has 0 saturated heterocycles. The van der Waals surface area contributed by atoms with Crippen LogP contribution in [-0.4, -0.2) is 29.8 Å². The summed E-state index contributed by atoms with van der Waals surface area (Å²) < 4.78 is 40.6. The van der Waals surface area contributed by atoms with Crippen molar-refractivity contribution in [3.05, 3.63) is 47.5 Å². The minimum absolute atomic E-state index is 0.137. The molecule has 0 unspecified atom stereocenters. The van der Waals surface area contributed by atoms with E-state index in [1.807, 2.05) is 19.1 Å². The summed E-state index contributed by atoms with van der Waals surface area (Å²) >= 11 is 0. The molecule has 0 aromatic carbocycles. The molecule has 0 fully saturated rings. The highest BCUT2D eigenvalue weighted by molar-refractivity contribution is 5.52. The highest BCUT2D eigenvalue weighted by Crippen LogP contribution is 2.28. The molecule has 3 rings (SSSR count). The van der Waals surface area contributed by atoms with E-state index >= 15 is 0 Å². The largest absolute Gasteiger partial charge is 0.435 e. The molecule has 0 bridgehead atoms. The maximum absolute atomic E-state index is 12.7. The van der Waals surface area contributed by atoms with Crippen LogP contribution in [0.25, 0.3) is 11.4 Å². The Morgan fingerprint density at radius 2 is 1.96 bits per heavy atom. The van der Waals surface area contributed by atoms with Crippen LogP contribution >= 0.6 is 0 Å². The third-order valence-electron chi connectivity index (χ3n) is 3.28. The monoisotopic (exact) mass is 322 g/mol. The van der Waals surface area contributed by atoms with E-state index in [2.05, 4.69) is 20.4 Å². The quantitative estimate of drug-likeness (QED) is 0.743.